The van der Waals surface area contributed by atoms with Crippen LogP contribution < -0.4 is 21.2 Å². The molecule has 0 spiro atoms. The quantitative estimate of drug-likeness (QED) is 0.514. The van der Waals surface area contributed by atoms with Crippen LogP contribution in [0.5, 0.6) is 0 Å². The Bertz CT molecular complexity index is 1180. The van der Waals surface area contributed by atoms with Gasteiger partial charge in [-0.25, -0.2) is 9.97 Å². The van der Waals surface area contributed by atoms with Crippen LogP contribution in [0.2, 0.25) is 0 Å². The number of benzene rings is 1. The molecule has 1 aliphatic carbocycles. The Morgan fingerprint density at radius 2 is 2.06 bits per heavy atom. The first kappa shape index (κ1) is 21.4. The van der Waals surface area contributed by atoms with E-state index in [1.54, 1.807) is 18.6 Å². The molecule has 0 bridgehead atoms. The van der Waals surface area contributed by atoms with Crippen molar-refractivity contribution in [3.63, 3.8) is 0 Å². The van der Waals surface area contributed by atoms with Gasteiger partial charge in [-0.2, -0.15) is 0 Å². The molecule has 2 aliphatic rings. The molecule has 3 aromatic rings. The molecule has 1 amide bonds. The van der Waals surface area contributed by atoms with Crippen molar-refractivity contribution in [2.24, 2.45) is 0 Å². The van der Waals surface area contributed by atoms with E-state index >= 15 is 0 Å². The topological polar surface area (TPSA) is 118 Å². The highest BCUT2D eigenvalue weighted by Crippen LogP contribution is 2.33. The zero-order valence-corrected chi connectivity index (χ0v) is 18.1. The van der Waals surface area contributed by atoms with Crippen LogP contribution in [0.15, 0.2) is 42.9 Å². The predicted octanol–water partition coefficient (Wildman–Crippen LogP) is 1.87. The fourth-order valence-corrected chi connectivity index (χ4v) is 4.40. The number of nitrogens with one attached hydrogen (secondary N) is 2. The molecule has 2 aromatic heterocycles. The molecular weight excluding hydrogens is 417 g/mol. The highest BCUT2D eigenvalue weighted by molar-refractivity contribution is 6.07. The van der Waals surface area contributed by atoms with Crippen LogP contribution in [-0.2, 0) is 11.2 Å². The van der Waals surface area contributed by atoms with Crippen molar-refractivity contribution >= 4 is 31.1 Å². The number of nitrogens with two attached hydrogens (primary N) is 1. The number of aryl methyl sites for hydroxylation is 1. The molecule has 1 aliphatic heterocycles. The molecule has 1 fully saturated rings. The largest absolute Gasteiger partial charge is 0.382 e. The summed E-state index contributed by atoms with van der Waals surface area (Å²) in [4.78, 5) is 28.2. The van der Waals surface area contributed by atoms with Crippen LogP contribution in [0, 0.1) is 0 Å². The van der Waals surface area contributed by atoms with Gasteiger partial charge in [0.15, 0.2) is 19.5 Å². The number of rotatable bonds is 5. The van der Waals surface area contributed by atoms with E-state index in [9.17, 15) is 4.79 Å². The second-order valence-electron chi connectivity index (χ2n) is 8.11. The maximum absolute atomic E-state index is 13.1. The fraction of sp³-hybridized carbons (Fsp3) is 0.304. The molecule has 1 atom stereocenters. The molecule has 1 unspecified atom stereocenters. The van der Waals surface area contributed by atoms with Crippen LogP contribution in [0.4, 0.5) is 17.2 Å². The number of carbonyl (C=O) groups is 1. The normalized spacial score (nSPS) is 17.6. The third kappa shape index (κ3) is 4.27. The summed E-state index contributed by atoms with van der Waals surface area (Å²) >= 11 is 0. The van der Waals surface area contributed by atoms with Gasteiger partial charge in [-0.3, -0.25) is 9.78 Å². The monoisotopic (exact) mass is 441 g/mol. The highest BCUT2D eigenvalue weighted by Gasteiger charge is 2.23. The third-order valence-corrected chi connectivity index (χ3v) is 6.13. The third-order valence-electron chi connectivity index (χ3n) is 6.13. The van der Waals surface area contributed by atoms with Crippen molar-refractivity contribution in [1.29, 1.82) is 0 Å². The van der Waals surface area contributed by atoms with Crippen molar-refractivity contribution in [3.05, 3.63) is 59.7 Å². The minimum Gasteiger partial charge on any atom is -0.382 e. The van der Waals surface area contributed by atoms with Gasteiger partial charge in [-0.1, -0.05) is 12.1 Å². The molecule has 10 heteroatoms. The predicted molar refractivity (Wildman–Crippen MR) is 127 cm³/mol. The number of nitrogen functional groups attached to an aromatic ring is 1. The van der Waals surface area contributed by atoms with E-state index in [-0.39, 0.29) is 17.6 Å². The van der Waals surface area contributed by atoms with Crippen molar-refractivity contribution < 1.29 is 9.53 Å². The summed E-state index contributed by atoms with van der Waals surface area (Å²) in [6.07, 6.45) is 6.79. The van der Waals surface area contributed by atoms with Crippen LogP contribution in [0.25, 0.3) is 11.3 Å². The van der Waals surface area contributed by atoms with Crippen molar-refractivity contribution in [2.45, 2.75) is 18.9 Å². The lowest BCUT2D eigenvalue weighted by Gasteiger charge is -2.30. The SMILES string of the molecule is [B]NC1CCc2cc(-c3cnc(N)c(C(=O)Nc4cnccc4N4CCOCC4)n3)ccc21. The van der Waals surface area contributed by atoms with Gasteiger partial charge in [0.05, 0.1) is 42.7 Å². The number of ether oxygens (including phenoxy) is 1. The maximum atomic E-state index is 13.1. The van der Waals surface area contributed by atoms with E-state index in [0.717, 1.165) is 37.2 Å². The standard InChI is InChI=1S/C23H24BN7O2/c24-30-17-4-2-14-11-15(1-3-16(14)17)18-13-27-22(25)21(28-18)23(32)29-19-12-26-6-5-20(19)31-7-9-33-10-8-31/h1,3,5-6,11-13,17,30H,2,4,7-10H2,(H2,25,27)(H,29,32). The Morgan fingerprint density at radius 1 is 1.21 bits per heavy atom. The van der Waals surface area contributed by atoms with Gasteiger partial charge >= 0.3 is 0 Å². The summed E-state index contributed by atoms with van der Waals surface area (Å²) < 4.78 is 5.43. The number of carbonyl (C=O) groups excluding carboxylic acids is 1. The number of amides is 1. The number of hydrogen-bond donors (Lipinski definition) is 3. The number of anilines is 3. The van der Waals surface area contributed by atoms with E-state index < -0.39 is 5.91 Å². The zero-order chi connectivity index (χ0) is 22.8. The Balaban J connectivity index is 1.41. The van der Waals surface area contributed by atoms with Gasteiger partial charge in [0.2, 0.25) is 0 Å². The Morgan fingerprint density at radius 3 is 2.88 bits per heavy atom. The number of fused-ring (bicyclic) bond motifs is 1. The summed E-state index contributed by atoms with van der Waals surface area (Å²) in [5.74, 6) is -0.362. The molecule has 1 saturated heterocycles. The van der Waals surface area contributed by atoms with Gasteiger partial charge in [0.25, 0.3) is 5.91 Å². The Labute approximate surface area is 193 Å². The second-order valence-corrected chi connectivity index (χ2v) is 8.11. The van der Waals surface area contributed by atoms with E-state index in [2.05, 4.69) is 36.5 Å². The summed E-state index contributed by atoms with van der Waals surface area (Å²) in [5.41, 5.74) is 11.4. The summed E-state index contributed by atoms with van der Waals surface area (Å²) in [5, 5.41) is 5.76. The molecule has 4 N–H and O–H groups in total. The van der Waals surface area contributed by atoms with Crippen LogP contribution in [0.3, 0.4) is 0 Å². The Kier molecular flexibility index (Phi) is 5.93. The van der Waals surface area contributed by atoms with Crippen molar-refractivity contribution in [2.75, 3.05) is 42.3 Å². The summed E-state index contributed by atoms with van der Waals surface area (Å²) in [6, 6.07) is 8.12. The molecule has 9 nitrogen and oxygen atoms in total. The molecule has 33 heavy (non-hydrogen) atoms. The second kappa shape index (κ2) is 9.17. The summed E-state index contributed by atoms with van der Waals surface area (Å²) in [6.45, 7) is 2.75. The van der Waals surface area contributed by atoms with Crippen LogP contribution in [-0.4, -0.2) is 55.1 Å². The molecule has 166 valence electrons. The average molecular weight is 441 g/mol. The molecule has 2 radical (unpaired) electrons. The molecule has 1 aromatic carbocycles. The first-order valence-corrected chi connectivity index (χ1v) is 10.9. The highest BCUT2D eigenvalue weighted by atomic mass is 16.5. The first-order valence-electron chi connectivity index (χ1n) is 10.9. The van der Waals surface area contributed by atoms with E-state index in [4.69, 9.17) is 18.5 Å². The zero-order valence-electron chi connectivity index (χ0n) is 18.1. The fourth-order valence-electron chi connectivity index (χ4n) is 4.40. The van der Waals surface area contributed by atoms with Gasteiger partial charge in [-0.05, 0) is 36.1 Å². The minimum absolute atomic E-state index is 0.0709. The molecular formula is C23H24BN7O2. The molecule has 3 heterocycles. The number of nitrogens with zero attached hydrogens (tertiary/aromatic N) is 4. The lowest BCUT2D eigenvalue weighted by atomic mass is 10.0. The van der Waals surface area contributed by atoms with Crippen molar-refractivity contribution in [3.8, 4) is 11.3 Å². The van der Waals surface area contributed by atoms with Gasteiger partial charge in [0.1, 0.15) is 0 Å². The van der Waals surface area contributed by atoms with E-state index in [1.807, 2.05) is 18.2 Å². The van der Waals surface area contributed by atoms with Gasteiger partial charge in [-0.15, -0.1) is 0 Å². The van der Waals surface area contributed by atoms with Crippen LogP contribution in [0.1, 0.15) is 34.1 Å². The van der Waals surface area contributed by atoms with E-state index in [0.29, 0.717) is 24.6 Å². The molecule has 0 saturated carbocycles. The molecule has 5 rings (SSSR count). The van der Waals surface area contributed by atoms with Gasteiger partial charge in [0, 0.05) is 30.9 Å². The average Bonchev–Trinajstić information content (AvgIpc) is 3.27. The number of pyridine rings is 1. The number of hydrogen-bond acceptors (Lipinski definition) is 8. The number of morpholine rings is 1. The smallest absolute Gasteiger partial charge is 0.278 e. The minimum atomic E-state index is -0.432. The van der Waals surface area contributed by atoms with Crippen molar-refractivity contribution in [1.82, 2.24) is 20.2 Å². The number of aromatic nitrogens is 3. The maximum Gasteiger partial charge on any atom is 0.278 e. The lowest BCUT2D eigenvalue weighted by Crippen LogP contribution is -2.36. The lowest BCUT2D eigenvalue weighted by molar-refractivity contribution is 0.102. The van der Waals surface area contributed by atoms with Crippen LogP contribution >= 0.6 is 0 Å². The van der Waals surface area contributed by atoms with E-state index in [1.165, 1.54) is 11.1 Å². The Hall–Kier alpha value is -3.50. The summed E-state index contributed by atoms with van der Waals surface area (Å²) in [7, 11) is 5.64. The van der Waals surface area contributed by atoms with Gasteiger partial charge < -0.3 is 25.9 Å². The first-order chi connectivity index (χ1) is 16.1.